The summed E-state index contributed by atoms with van der Waals surface area (Å²) in [6, 6.07) is 21.5. The molecule has 5 nitrogen and oxygen atoms in total. The second kappa shape index (κ2) is 11.0. The molecule has 0 N–H and O–H groups in total. The summed E-state index contributed by atoms with van der Waals surface area (Å²) in [5.74, 6) is 2.42. The van der Waals surface area contributed by atoms with Crippen LogP contribution >= 0.6 is 0 Å². The van der Waals surface area contributed by atoms with Gasteiger partial charge in [0.1, 0.15) is 23.9 Å². The fourth-order valence-corrected chi connectivity index (χ4v) is 5.59. The zero-order chi connectivity index (χ0) is 26.7. The highest BCUT2D eigenvalue weighted by Gasteiger charge is 2.29. The molecule has 0 atom stereocenters. The quantitative estimate of drug-likeness (QED) is 0.305. The number of carbonyl (C=O) groups excluding carboxylic acids is 1. The Labute approximate surface area is 226 Å². The normalized spacial score (nSPS) is 16.7. The van der Waals surface area contributed by atoms with Crippen LogP contribution in [0, 0.1) is 5.41 Å². The molecule has 38 heavy (non-hydrogen) atoms. The average molecular weight is 512 g/mol. The van der Waals surface area contributed by atoms with E-state index in [2.05, 4.69) is 18.7 Å². The highest BCUT2D eigenvalue weighted by atomic mass is 16.5. The lowest BCUT2D eigenvalue weighted by Crippen LogP contribution is -2.27. The van der Waals surface area contributed by atoms with E-state index in [4.69, 9.17) is 14.2 Å². The Balaban J connectivity index is 1.39. The van der Waals surface area contributed by atoms with Gasteiger partial charge < -0.3 is 14.2 Å². The van der Waals surface area contributed by atoms with Crippen molar-refractivity contribution in [3.8, 4) is 17.2 Å². The van der Waals surface area contributed by atoms with E-state index in [1.54, 1.807) is 14.2 Å². The molecule has 0 radical (unpaired) electrons. The van der Waals surface area contributed by atoms with Crippen molar-refractivity contribution in [2.75, 3.05) is 40.5 Å². The number of methoxy groups -OCH3 is 2. The highest BCUT2D eigenvalue weighted by Crippen LogP contribution is 2.40. The third-order valence-corrected chi connectivity index (χ3v) is 7.74. The molecule has 2 aliphatic rings. The predicted molar refractivity (Wildman–Crippen MR) is 152 cm³/mol. The van der Waals surface area contributed by atoms with Crippen LogP contribution in [0.4, 0.5) is 0 Å². The first-order chi connectivity index (χ1) is 18.4. The minimum Gasteiger partial charge on any atom is -0.497 e. The van der Waals surface area contributed by atoms with Gasteiger partial charge in [0.15, 0.2) is 5.78 Å². The third kappa shape index (κ3) is 5.63. The number of allylic oxidation sites excluding steroid dienone is 2. The van der Waals surface area contributed by atoms with Gasteiger partial charge in [0.2, 0.25) is 0 Å². The molecule has 3 aromatic rings. The Kier molecular flexibility index (Phi) is 7.57. The van der Waals surface area contributed by atoms with E-state index >= 15 is 0 Å². The van der Waals surface area contributed by atoms with Gasteiger partial charge in [-0.15, -0.1) is 0 Å². The topological polar surface area (TPSA) is 48.0 Å². The number of likely N-dealkylation sites (tertiary alicyclic amines) is 1. The summed E-state index contributed by atoms with van der Waals surface area (Å²) in [5, 5.41) is 0. The summed E-state index contributed by atoms with van der Waals surface area (Å²) in [7, 11) is 3.33. The molecular weight excluding hydrogens is 474 g/mol. The molecule has 3 aromatic carbocycles. The van der Waals surface area contributed by atoms with E-state index in [9.17, 15) is 4.79 Å². The van der Waals surface area contributed by atoms with Crippen LogP contribution in [0.25, 0.3) is 11.1 Å². The predicted octanol–water partition coefficient (Wildman–Crippen LogP) is 6.55. The minimum atomic E-state index is 0.0211. The number of hydrogen-bond donors (Lipinski definition) is 0. The molecule has 0 unspecified atom stereocenters. The van der Waals surface area contributed by atoms with Crippen molar-refractivity contribution in [2.24, 2.45) is 5.41 Å². The molecule has 1 heterocycles. The average Bonchev–Trinajstić information content (AvgIpc) is 3.30. The van der Waals surface area contributed by atoms with Crippen molar-refractivity contribution >= 4 is 16.9 Å². The zero-order valence-electron chi connectivity index (χ0n) is 22.9. The number of carbonyl (C=O) groups is 1. The van der Waals surface area contributed by atoms with E-state index in [1.807, 2.05) is 66.7 Å². The van der Waals surface area contributed by atoms with E-state index in [0.29, 0.717) is 17.6 Å². The van der Waals surface area contributed by atoms with E-state index in [-0.39, 0.29) is 5.78 Å². The lowest BCUT2D eigenvalue weighted by Gasteiger charge is -2.24. The van der Waals surface area contributed by atoms with Crippen LogP contribution in [0.15, 0.2) is 66.7 Å². The van der Waals surface area contributed by atoms with E-state index in [1.165, 1.54) is 6.42 Å². The highest BCUT2D eigenvalue weighted by molar-refractivity contribution is 6.35. The maximum Gasteiger partial charge on any atom is 0.193 e. The summed E-state index contributed by atoms with van der Waals surface area (Å²) in [6.45, 7) is 8.44. The SMILES string of the molecule is COc1ccc(C2=C(C(=O)c3ccc(OCCN4CCC(C)(C)C4)cc3)c3ccc(OC)cc3CC2)cc1. The standard InChI is InChI=1S/C33H37NO4/c1-33(2)17-18-34(22-33)19-20-38-27-12-7-24(8-13-27)32(35)31-29(23-5-10-26(36-3)11-6-23)15-9-25-21-28(37-4)14-16-30(25)31/h5-8,10-14,16,21H,9,15,17-20,22H2,1-4H3. The Bertz CT molecular complexity index is 1320. The Morgan fingerprint density at radius 3 is 2.21 bits per heavy atom. The molecule has 0 saturated carbocycles. The van der Waals surface area contributed by atoms with Crippen LogP contribution < -0.4 is 14.2 Å². The first kappa shape index (κ1) is 26.1. The monoisotopic (exact) mass is 511 g/mol. The number of aryl methyl sites for hydroxylation is 1. The van der Waals surface area contributed by atoms with Crippen molar-refractivity contribution in [3.63, 3.8) is 0 Å². The van der Waals surface area contributed by atoms with Crippen LogP contribution in [0.1, 0.15) is 53.7 Å². The number of rotatable bonds is 9. The Morgan fingerprint density at radius 1 is 0.868 bits per heavy atom. The summed E-state index contributed by atoms with van der Waals surface area (Å²) < 4.78 is 16.8. The van der Waals surface area contributed by atoms with Gasteiger partial charge in [-0.2, -0.15) is 0 Å². The molecule has 1 saturated heterocycles. The second-order valence-corrected chi connectivity index (χ2v) is 11.0. The number of ketones is 1. The lowest BCUT2D eigenvalue weighted by atomic mass is 9.79. The maximum absolute atomic E-state index is 14.0. The maximum atomic E-state index is 14.0. The second-order valence-electron chi connectivity index (χ2n) is 11.0. The number of nitrogens with zero attached hydrogens (tertiary/aromatic N) is 1. The minimum absolute atomic E-state index is 0.0211. The first-order valence-electron chi connectivity index (χ1n) is 13.4. The van der Waals surface area contributed by atoms with Crippen molar-refractivity contribution in [1.82, 2.24) is 4.90 Å². The van der Waals surface area contributed by atoms with Crippen molar-refractivity contribution < 1.29 is 19.0 Å². The molecular formula is C33H37NO4. The van der Waals surface area contributed by atoms with Gasteiger partial charge in [0.25, 0.3) is 0 Å². The van der Waals surface area contributed by atoms with Gasteiger partial charge in [0.05, 0.1) is 14.2 Å². The summed E-state index contributed by atoms with van der Waals surface area (Å²) in [5.41, 5.74) is 6.01. The molecule has 1 fully saturated rings. The largest absolute Gasteiger partial charge is 0.497 e. The summed E-state index contributed by atoms with van der Waals surface area (Å²) in [6.07, 6.45) is 2.86. The Hall–Kier alpha value is -3.57. The number of hydrogen-bond acceptors (Lipinski definition) is 5. The molecule has 5 heteroatoms. The molecule has 0 amide bonds. The molecule has 1 aliphatic heterocycles. The smallest absolute Gasteiger partial charge is 0.193 e. The van der Waals surface area contributed by atoms with Gasteiger partial charge in [-0.1, -0.05) is 32.0 Å². The first-order valence-corrected chi connectivity index (χ1v) is 13.4. The van der Waals surface area contributed by atoms with E-state index < -0.39 is 0 Å². The Morgan fingerprint density at radius 2 is 1.55 bits per heavy atom. The number of fused-ring (bicyclic) bond motifs is 1. The number of benzene rings is 3. The third-order valence-electron chi connectivity index (χ3n) is 7.74. The van der Waals surface area contributed by atoms with Crippen LogP contribution in [-0.4, -0.2) is 51.1 Å². The van der Waals surface area contributed by atoms with Crippen molar-refractivity contribution in [3.05, 3.63) is 89.0 Å². The van der Waals surface area contributed by atoms with Crippen LogP contribution in [0.3, 0.4) is 0 Å². The van der Waals surface area contributed by atoms with Gasteiger partial charge in [-0.3, -0.25) is 9.69 Å². The summed E-state index contributed by atoms with van der Waals surface area (Å²) >= 11 is 0. The lowest BCUT2D eigenvalue weighted by molar-refractivity contribution is 0.105. The molecule has 5 rings (SSSR count). The van der Waals surface area contributed by atoms with Crippen molar-refractivity contribution in [1.29, 1.82) is 0 Å². The number of ether oxygens (including phenoxy) is 3. The zero-order valence-corrected chi connectivity index (χ0v) is 22.9. The molecule has 0 spiro atoms. The molecule has 0 aromatic heterocycles. The number of Topliss-reactive ketones (excluding diaryl/α,β-unsaturated/α-hetero) is 1. The van der Waals surface area contributed by atoms with Gasteiger partial charge in [-0.25, -0.2) is 0 Å². The van der Waals surface area contributed by atoms with Gasteiger partial charge in [0, 0.05) is 24.2 Å². The molecule has 0 bridgehead atoms. The van der Waals surface area contributed by atoms with Crippen LogP contribution in [-0.2, 0) is 6.42 Å². The van der Waals surface area contributed by atoms with Crippen LogP contribution in [0.5, 0.6) is 17.2 Å². The molecule has 1 aliphatic carbocycles. The van der Waals surface area contributed by atoms with Gasteiger partial charge >= 0.3 is 0 Å². The van der Waals surface area contributed by atoms with Crippen molar-refractivity contribution in [2.45, 2.75) is 33.1 Å². The fraction of sp³-hybridized carbons (Fsp3) is 0.364. The summed E-state index contributed by atoms with van der Waals surface area (Å²) in [4.78, 5) is 16.5. The van der Waals surface area contributed by atoms with Crippen LogP contribution in [0.2, 0.25) is 0 Å². The molecule has 198 valence electrons. The fourth-order valence-electron chi connectivity index (χ4n) is 5.59. The van der Waals surface area contributed by atoms with E-state index in [0.717, 1.165) is 77.6 Å². The van der Waals surface area contributed by atoms with Gasteiger partial charge in [-0.05, 0) is 102 Å².